The molecule has 0 atom stereocenters. The van der Waals surface area contributed by atoms with Crippen molar-refractivity contribution in [1.82, 2.24) is 14.0 Å². The van der Waals surface area contributed by atoms with Gasteiger partial charge in [-0.3, -0.25) is 14.2 Å². The summed E-state index contributed by atoms with van der Waals surface area (Å²) in [5.41, 5.74) is 0.482. The van der Waals surface area contributed by atoms with Gasteiger partial charge in [0.1, 0.15) is 16.4 Å². The van der Waals surface area contributed by atoms with Crippen LogP contribution in [0.1, 0.15) is 20.8 Å². The van der Waals surface area contributed by atoms with Gasteiger partial charge in [-0.15, -0.1) is 11.3 Å². The average Bonchev–Trinajstić information content (AvgIpc) is 3.14. The summed E-state index contributed by atoms with van der Waals surface area (Å²) in [6.45, 7) is 1.81. The lowest BCUT2D eigenvalue weighted by Crippen LogP contribution is -2.38. The number of carbonyl (C=O) groups excluding carboxylic acids is 1. The lowest BCUT2D eigenvalue weighted by atomic mass is 10.2. The van der Waals surface area contributed by atoms with Crippen LogP contribution in [0.4, 0.5) is 4.39 Å². The molecule has 9 heteroatoms. The first-order valence-corrected chi connectivity index (χ1v) is 10.9. The highest BCUT2D eigenvalue weighted by molar-refractivity contribution is 7.20. The molecule has 2 aromatic carbocycles. The molecule has 0 saturated heterocycles. The van der Waals surface area contributed by atoms with Gasteiger partial charge in [0, 0.05) is 20.2 Å². The molecule has 0 aliphatic carbocycles. The van der Waals surface area contributed by atoms with E-state index in [2.05, 4.69) is 0 Å². The minimum absolute atomic E-state index is 0.107. The number of methoxy groups -OCH3 is 1. The van der Waals surface area contributed by atoms with Crippen molar-refractivity contribution in [2.75, 3.05) is 21.2 Å². The van der Waals surface area contributed by atoms with Gasteiger partial charge in [0.25, 0.3) is 11.5 Å². The summed E-state index contributed by atoms with van der Waals surface area (Å²) in [6, 6.07) is 12.5. The predicted molar refractivity (Wildman–Crippen MR) is 126 cm³/mol. The predicted octanol–water partition coefficient (Wildman–Crippen LogP) is 3.42. The van der Waals surface area contributed by atoms with Crippen LogP contribution < -0.4 is 16.0 Å². The maximum atomic E-state index is 13.6. The molecule has 0 saturated carbocycles. The van der Waals surface area contributed by atoms with E-state index < -0.39 is 11.2 Å². The van der Waals surface area contributed by atoms with Gasteiger partial charge >= 0.3 is 5.69 Å². The van der Waals surface area contributed by atoms with E-state index in [1.807, 2.05) is 0 Å². The van der Waals surface area contributed by atoms with Crippen LogP contribution in [0.25, 0.3) is 15.9 Å². The zero-order chi connectivity index (χ0) is 23.9. The fourth-order valence-corrected chi connectivity index (χ4v) is 4.96. The number of carbonyl (C=O) groups is 1. The first-order valence-electron chi connectivity index (χ1n) is 10.1. The summed E-state index contributed by atoms with van der Waals surface area (Å²) in [5, 5.41) is 0.301. The van der Waals surface area contributed by atoms with Crippen LogP contribution >= 0.6 is 11.3 Å². The van der Waals surface area contributed by atoms with Gasteiger partial charge in [0.2, 0.25) is 0 Å². The number of hydrogen-bond donors (Lipinski definition) is 0. The Morgan fingerprint density at radius 2 is 1.82 bits per heavy atom. The van der Waals surface area contributed by atoms with Crippen molar-refractivity contribution >= 4 is 27.5 Å². The van der Waals surface area contributed by atoms with Gasteiger partial charge in [0.05, 0.1) is 29.6 Å². The van der Waals surface area contributed by atoms with Gasteiger partial charge in [-0.05, 0) is 42.3 Å². The molecule has 0 N–H and O–H groups in total. The quantitative estimate of drug-likeness (QED) is 0.451. The lowest BCUT2D eigenvalue weighted by Gasteiger charge is -2.13. The number of hydrogen-bond acceptors (Lipinski definition) is 5. The van der Waals surface area contributed by atoms with Crippen LogP contribution in [-0.2, 0) is 6.54 Å². The van der Waals surface area contributed by atoms with Crippen molar-refractivity contribution in [2.45, 2.75) is 13.5 Å². The number of rotatable bonds is 5. The van der Waals surface area contributed by atoms with Crippen molar-refractivity contribution < 1.29 is 13.9 Å². The molecular weight excluding hydrogens is 445 g/mol. The molecular formula is C24H22FN3O4S. The minimum atomic E-state index is -0.560. The SMILES string of the molecule is COc1cccc(-n2c(=O)c3c(C)c(C(=O)N(C)C)sc3n(Cc3ccc(F)cc3)c2=O)c1. The molecule has 0 bridgehead atoms. The van der Waals surface area contributed by atoms with E-state index in [1.54, 1.807) is 57.4 Å². The van der Waals surface area contributed by atoms with Crippen molar-refractivity contribution in [2.24, 2.45) is 0 Å². The molecule has 0 spiro atoms. The van der Waals surface area contributed by atoms with Crippen molar-refractivity contribution in [3.63, 3.8) is 0 Å². The molecule has 2 aromatic heterocycles. The number of fused-ring (bicyclic) bond motifs is 1. The summed E-state index contributed by atoms with van der Waals surface area (Å²) >= 11 is 1.11. The van der Waals surface area contributed by atoms with E-state index in [9.17, 15) is 18.8 Å². The standard InChI is InChI=1S/C24H22FN3O4S/c1-14-19-21(29)28(17-6-5-7-18(12-17)32-4)24(31)27(13-15-8-10-16(25)11-9-15)23(19)33-20(14)22(30)26(2)3/h5-12H,13H2,1-4H3. The second-order valence-corrected chi connectivity index (χ2v) is 8.77. The Hall–Kier alpha value is -3.72. The highest BCUT2D eigenvalue weighted by Crippen LogP contribution is 2.29. The maximum absolute atomic E-state index is 13.6. The molecule has 0 unspecified atom stereocenters. The highest BCUT2D eigenvalue weighted by Gasteiger charge is 2.24. The maximum Gasteiger partial charge on any atom is 0.337 e. The molecule has 2 heterocycles. The molecule has 0 fully saturated rings. The molecule has 33 heavy (non-hydrogen) atoms. The number of thiophene rings is 1. The lowest BCUT2D eigenvalue weighted by molar-refractivity contribution is 0.0831. The molecule has 4 rings (SSSR count). The molecule has 7 nitrogen and oxygen atoms in total. The number of aromatic nitrogens is 2. The van der Waals surface area contributed by atoms with Gasteiger partial charge < -0.3 is 9.64 Å². The highest BCUT2D eigenvalue weighted by atomic mass is 32.1. The topological polar surface area (TPSA) is 73.5 Å². The van der Waals surface area contributed by atoms with E-state index in [0.717, 1.165) is 15.9 Å². The summed E-state index contributed by atoms with van der Waals surface area (Å²) in [5.74, 6) is -0.139. The smallest absolute Gasteiger partial charge is 0.337 e. The third kappa shape index (κ3) is 3.95. The van der Waals surface area contributed by atoms with Crippen LogP contribution in [0.3, 0.4) is 0 Å². The number of amides is 1. The Morgan fingerprint density at radius 1 is 1.12 bits per heavy atom. The number of halogens is 1. The Balaban J connectivity index is 2.07. The fourth-order valence-electron chi connectivity index (χ4n) is 3.64. The molecule has 0 radical (unpaired) electrons. The summed E-state index contributed by atoms with van der Waals surface area (Å²) in [4.78, 5) is 42.2. The average molecular weight is 468 g/mol. The normalized spacial score (nSPS) is 11.1. The van der Waals surface area contributed by atoms with Crippen LogP contribution in [0.5, 0.6) is 5.75 Å². The number of benzene rings is 2. The third-order valence-electron chi connectivity index (χ3n) is 5.38. The minimum Gasteiger partial charge on any atom is -0.497 e. The van der Waals surface area contributed by atoms with E-state index in [0.29, 0.717) is 37.7 Å². The summed E-state index contributed by atoms with van der Waals surface area (Å²) < 4.78 is 21.2. The van der Waals surface area contributed by atoms with Gasteiger partial charge in [0.15, 0.2) is 0 Å². The van der Waals surface area contributed by atoms with E-state index in [1.165, 1.54) is 28.7 Å². The van der Waals surface area contributed by atoms with Crippen LogP contribution in [-0.4, -0.2) is 41.1 Å². The van der Waals surface area contributed by atoms with Gasteiger partial charge in [-0.25, -0.2) is 13.8 Å². The second kappa shape index (κ2) is 8.67. The largest absolute Gasteiger partial charge is 0.497 e. The monoisotopic (exact) mass is 467 g/mol. The summed E-state index contributed by atoms with van der Waals surface area (Å²) in [6.07, 6.45) is 0. The number of aryl methyl sites for hydroxylation is 1. The van der Waals surface area contributed by atoms with E-state index in [4.69, 9.17) is 4.74 Å². The van der Waals surface area contributed by atoms with Crippen LogP contribution in [0, 0.1) is 12.7 Å². The molecule has 4 aromatic rings. The van der Waals surface area contributed by atoms with Crippen LogP contribution in [0.2, 0.25) is 0 Å². The van der Waals surface area contributed by atoms with Gasteiger partial charge in [-0.1, -0.05) is 18.2 Å². The Bertz CT molecular complexity index is 1480. The third-order valence-corrected chi connectivity index (χ3v) is 6.68. The van der Waals surface area contributed by atoms with E-state index >= 15 is 0 Å². The second-order valence-electron chi connectivity index (χ2n) is 7.77. The Kier molecular flexibility index (Phi) is 5.90. The zero-order valence-electron chi connectivity index (χ0n) is 18.6. The zero-order valence-corrected chi connectivity index (χ0v) is 19.4. The molecule has 0 aliphatic rings. The fraction of sp³-hybridized carbons (Fsp3) is 0.208. The molecule has 170 valence electrons. The summed E-state index contributed by atoms with van der Waals surface area (Å²) in [7, 11) is 4.76. The van der Waals surface area contributed by atoms with Gasteiger partial charge in [-0.2, -0.15) is 0 Å². The Labute approximate surface area is 192 Å². The van der Waals surface area contributed by atoms with Crippen molar-refractivity contribution in [3.8, 4) is 11.4 Å². The molecule has 0 aliphatic heterocycles. The number of nitrogens with zero attached hydrogens (tertiary/aromatic N) is 3. The first kappa shape index (κ1) is 22.5. The first-order chi connectivity index (χ1) is 15.7. The molecule has 1 amide bonds. The van der Waals surface area contributed by atoms with Crippen molar-refractivity contribution in [1.29, 1.82) is 0 Å². The Morgan fingerprint density at radius 3 is 2.45 bits per heavy atom. The van der Waals surface area contributed by atoms with Crippen molar-refractivity contribution in [3.05, 3.63) is 91.2 Å². The van der Waals surface area contributed by atoms with Crippen LogP contribution in [0.15, 0.2) is 58.1 Å². The number of ether oxygens (including phenoxy) is 1. The van der Waals surface area contributed by atoms with E-state index in [-0.39, 0.29) is 18.3 Å².